The molecule has 0 aliphatic heterocycles. The van der Waals surface area contributed by atoms with Gasteiger partial charge >= 0.3 is 0 Å². The normalized spacial score (nSPS) is 24.1. The summed E-state index contributed by atoms with van der Waals surface area (Å²) < 4.78 is 28.0. The lowest BCUT2D eigenvalue weighted by atomic mass is 9.84. The minimum Gasteiger partial charge on any atom is -0.300 e. The molecule has 1 aliphatic rings. The summed E-state index contributed by atoms with van der Waals surface area (Å²) in [6, 6.07) is 8.00. The fraction of sp³-hybridized carbons (Fsp3) is 0.571. The minimum atomic E-state index is -2.79. The van der Waals surface area contributed by atoms with Gasteiger partial charge in [0.2, 0.25) is 0 Å². The Morgan fingerprint density at radius 1 is 1.28 bits per heavy atom. The van der Waals surface area contributed by atoms with Crippen molar-refractivity contribution < 1.29 is 8.78 Å². The van der Waals surface area contributed by atoms with Crippen LogP contribution < -0.4 is 0 Å². The second kappa shape index (κ2) is 5.54. The van der Waals surface area contributed by atoms with Crippen LogP contribution in [0.15, 0.2) is 30.3 Å². The number of halogens is 3. The summed E-state index contributed by atoms with van der Waals surface area (Å²) in [7, 11) is 1.75. The number of rotatable bonds is 5. The maximum absolute atomic E-state index is 14.0. The van der Waals surface area contributed by atoms with Gasteiger partial charge in [0, 0.05) is 17.5 Å². The van der Waals surface area contributed by atoms with Gasteiger partial charge < -0.3 is 0 Å². The predicted molar refractivity (Wildman–Crippen MR) is 70.2 cm³/mol. The number of likely N-dealkylation sites (N-methyl/N-ethyl adjacent to an activating group) is 1. The van der Waals surface area contributed by atoms with Crippen LogP contribution in [0.2, 0.25) is 0 Å². The maximum Gasteiger partial charge on any atom is 0.285 e. The van der Waals surface area contributed by atoms with E-state index in [1.165, 1.54) is 12.1 Å². The molecule has 0 N–H and O–H groups in total. The standard InChI is InChI=1S/C14H18ClF2N/c1-18(9-11-7-13(15)8-11)10-14(16,17)12-5-3-2-4-6-12/h2-6,11,13H,7-10H2,1H3. The third kappa shape index (κ3) is 3.42. The first-order valence-corrected chi connectivity index (χ1v) is 6.67. The molecule has 0 amide bonds. The van der Waals surface area contributed by atoms with Crippen molar-refractivity contribution in [3.8, 4) is 0 Å². The second-order valence-electron chi connectivity index (χ2n) is 5.20. The Bertz CT molecular complexity index is 377. The van der Waals surface area contributed by atoms with Gasteiger partial charge in [-0.1, -0.05) is 30.3 Å². The summed E-state index contributed by atoms with van der Waals surface area (Å²) in [6.45, 7) is 0.464. The van der Waals surface area contributed by atoms with Crippen molar-refractivity contribution in [1.82, 2.24) is 4.90 Å². The molecule has 100 valence electrons. The predicted octanol–water partition coefficient (Wildman–Crippen LogP) is 3.73. The van der Waals surface area contributed by atoms with E-state index in [4.69, 9.17) is 11.6 Å². The van der Waals surface area contributed by atoms with Crippen LogP contribution in [0, 0.1) is 5.92 Å². The summed E-state index contributed by atoms with van der Waals surface area (Å²) in [4.78, 5) is 1.71. The molecule has 1 saturated carbocycles. The largest absolute Gasteiger partial charge is 0.300 e. The number of hydrogen-bond acceptors (Lipinski definition) is 1. The molecule has 0 aromatic heterocycles. The first-order valence-electron chi connectivity index (χ1n) is 6.23. The third-order valence-electron chi connectivity index (χ3n) is 3.41. The maximum atomic E-state index is 14.0. The quantitative estimate of drug-likeness (QED) is 0.739. The Hall–Kier alpha value is -0.670. The molecule has 1 aromatic carbocycles. The van der Waals surface area contributed by atoms with Crippen LogP contribution in [0.5, 0.6) is 0 Å². The minimum absolute atomic E-state index is 0.0840. The lowest BCUT2D eigenvalue weighted by molar-refractivity contribution is -0.0367. The summed E-state index contributed by atoms with van der Waals surface area (Å²) >= 11 is 5.89. The van der Waals surface area contributed by atoms with Gasteiger partial charge in [0.15, 0.2) is 0 Å². The van der Waals surface area contributed by atoms with Crippen molar-refractivity contribution in [3.05, 3.63) is 35.9 Å². The van der Waals surface area contributed by atoms with E-state index in [9.17, 15) is 8.78 Å². The molecule has 1 aliphatic carbocycles. The first-order chi connectivity index (χ1) is 8.47. The molecule has 0 saturated heterocycles. The van der Waals surface area contributed by atoms with Crippen LogP contribution >= 0.6 is 11.6 Å². The zero-order valence-corrected chi connectivity index (χ0v) is 11.2. The molecule has 1 nitrogen and oxygen atoms in total. The second-order valence-corrected chi connectivity index (χ2v) is 5.82. The summed E-state index contributed by atoms with van der Waals surface area (Å²) in [5.41, 5.74) is 0.0840. The highest BCUT2D eigenvalue weighted by atomic mass is 35.5. The molecule has 0 unspecified atom stereocenters. The Morgan fingerprint density at radius 3 is 2.44 bits per heavy atom. The van der Waals surface area contributed by atoms with Crippen molar-refractivity contribution in [1.29, 1.82) is 0 Å². The highest BCUT2D eigenvalue weighted by Crippen LogP contribution is 2.34. The zero-order chi connectivity index (χ0) is 13.2. The molecule has 1 fully saturated rings. The number of hydrogen-bond donors (Lipinski definition) is 0. The molecular formula is C14H18ClF2N. The van der Waals surface area contributed by atoms with Gasteiger partial charge in [0.05, 0.1) is 6.54 Å². The Kier molecular flexibility index (Phi) is 4.23. The fourth-order valence-electron chi connectivity index (χ4n) is 2.42. The van der Waals surface area contributed by atoms with Crippen molar-refractivity contribution >= 4 is 11.6 Å². The van der Waals surface area contributed by atoms with Crippen LogP contribution in [0.3, 0.4) is 0 Å². The van der Waals surface area contributed by atoms with E-state index in [0.717, 1.165) is 12.8 Å². The van der Waals surface area contributed by atoms with Crippen LogP contribution in [0.25, 0.3) is 0 Å². The van der Waals surface area contributed by atoms with Crippen molar-refractivity contribution in [2.45, 2.75) is 24.1 Å². The Labute approximate surface area is 112 Å². The molecule has 1 aromatic rings. The van der Waals surface area contributed by atoms with Gasteiger partial charge in [-0.05, 0) is 25.8 Å². The summed E-state index contributed by atoms with van der Waals surface area (Å²) in [6.07, 6.45) is 1.89. The van der Waals surface area contributed by atoms with E-state index in [1.54, 1.807) is 30.1 Å². The summed E-state index contributed by atoms with van der Waals surface area (Å²) in [5, 5.41) is 0.248. The number of nitrogens with zero attached hydrogens (tertiary/aromatic N) is 1. The van der Waals surface area contributed by atoms with Crippen LogP contribution in [-0.2, 0) is 5.92 Å². The molecule has 2 rings (SSSR count). The van der Waals surface area contributed by atoms with Crippen LogP contribution in [0.4, 0.5) is 8.78 Å². The monoisotopic (exact) mass is 273 g/mol. The van der Waals surface area contributed by atoms with E-state index >= 15 is 0 Å². The average molecular weight is 274 g/mol. The van der Waals surface area contributed by atoms with Crippen molar-refractivity contribution in [3.63, 3.8) is 0 Å². The molecule has 0 atom stereocenters. The van der Waals surface area contributed by atoms with Gasteiger partial charge in [-0.3, -0.25) is 4.90 Å². The fourth-order valence-corrected chi connectivity index (χ4v) is 2.92. The van der Waals surface area contributed by atoms with E-state index in [2.05, 4.69) is 0 Å². The van der Waals surface area contributed by atoms with E-state index in [-0.39, 0.29) is 17.5 Å². The molecule has 0 spiro atoms. The highest BCUT2D eigenvalue weighted by molar-refractivity contribution is 6.21. The Balaban J connectivity index is 1.87. The van der Waals surface area contributed by atoms with Crippen LogP contribution in [-0.4, -0.2) is 30.4 Å². The zero-order valence-electron chi connectivity index (χ0n) is 10.5. The average Bonchev–Trinajstić information content (AvgIpc) is 2.27. The topological polar surface area (TPSA) is 3.24 Å². The lowest BCUT2D eigenvalue weighted by Crippen LogP contribution is -2.39. The van der Waals surface area contributed by atoms with E-state index in [1.807, 2.05) is 0 Å². The molecule has 18 heavy (non-hydrogen) atoms. The first kappa shape index (κ1) is 13.8. The SMILES string of the molecule is CN(CC1CC(Cl)C1)CC(F)(F)c1ccccc1. The lowest BCUT2D eigenvalue weighted by Gasteiger charge is -2.35. The summed E-state index contributed by atoms with van der Waals surface area (Å²) in [5.74, 6) is -2.32. The van der Waals surface area contributed by atoms with E-state index < -0.39 is 5.92 Å². The molecular weight excluding hydrogens is 256 g/mol. The molecule has 0 heterocycles. The van der Waals surface area contributed by atoms with Crippen molar-refractivity contribution in [2.24, 2.45) is 5.92 Å². The smallest absolute Gasteiger partial charge is 0.285 e. The van der Waals surface area contributed by atoms with Gasteiger partial charge in [0.25, 0.3) is 5.92 Å². The van der Waals surface area contributed by atoms with Gasteiger partial charge in [-0.25, -0.2) is 0 Å². The van der Waals surface area contributed by atoms with Crippen molar-refractivity contribution in [2.75, 3.05) is 20.1 Å². The van der Waals surface area contributed by atoms with Crippen LogP contribution in [0.1, 0.15) is 18.4 Å². The van der Waals surface area contributed by atoms with Gasteiger partial charge in [-0.2, -0.15) is 8.78 Å². The van der Waals surface area contributed by atoms with Gasteiger partial charge in [-0.15, -0.1) is 11.6 Å². The Morgan fingerprint density at radius 2 is 1.89 bits per heavy atom. The molecule has 0 bridgehead atoms. The number of benzene rings is 1. The van der Waals surface area contributed by atoms with E-state index in [0.29, 0.717) is 12.5 Å². The molecule has 4 heteroatoms. The molecule has 0 radical (unpaired) electrons. The number of alkyl halides is 3. The highest BCUT2D eigenvalue weighted by Gasteiger charge is 2.35. The van der Waals surface area contributed by atoms with Gasteiger partial charge in [0.1, 0.15) is 0 Å². The third-order valence-corrected chi connectivity index (χ3v) is 3.77.